The van der Waals surface area contributed by atoms with Crippen LogP contribution in [-0.4, -0.2) is 24.1 Å². The van der Waals surface area contributed by atoms with Crippen molar-refractivity contribution < 1.29 is 13.9 Å². The van der Waals surface area contributed by atoms with Gasteiger partial charge in [-0.3, -0.25) is 4.79 Å². The Morgan fingerprint density at radius 2 is 2.15 bits per heavy atom. The van der Waals surface area contributed by atoms with Crippen molar-refractivity contribution in [1.82, 2.24) is 4.98 Å². The monoisotopic (exact) mass is 274 g/mol. The summed E-state index contributed by atoms with van der Waals surface area (Å²) in [4.78, 5) is 15.9. The van der Waals surface area contributed by atoms with E-state index in [0.29, 0.717) is 16.5 Å². The van der Waals surface area contributed by atoms with Crippen molar-refractivity contribution in [2.45, 2.75) is 24.6 Å². The molecule has 1 aliphatic carbocycles. The number of ether oxygens (including phenoxy) is 1. The Morgan fingerprint density at radius 1 is 1.45 bits per heavy atom. The molecule has 1 aliphatic rings. The van der Waals surface area contributed by atoms with Gasteiger partial charge in [0.1, 0.15) is 0 Å². The number of para-hydroxylation sites is 1. The first-order valence-electron chi connectivity index (χ1n) is 6.45. The van der Waals surface area contributed by atoms with Crippen LogP contribution < -0.4 is 5.73 Å². The number of halogens is 1. The number of hydrogen-bond donors (Lipinski definition) is 1. The highest BCUT2D eigenvalue weighted by Gasteiger charge is 2.48. The third-order valence-corrected chi connectivity index (χ3v) is 3.88. The van der Waals surface area contributed by atoms with Gasteiger partial charge in [0, 0.05) is 25.3 Å². The molecule has 20 heavy (non-hydrogen) atoms. The lowest BCUT2D eigenvalue weighted by Gasteiger charge is -2.40. The average molecular weight is 274 g/mol. The van der Waals surface area contributed by atoms with Crippen LogP contribution >= 0.6 is 0 Å². The summed E-state index contributed by atoms with van der Waals surface area (Å²) in [5.41, 5.74) is 5.01. The highest BCUT2D eigenvalue weighted by atomic mass is 19.1. The molecule has 0 unspecified atom stereocenters. The Bertz CT molecular complexity index is 681. The van der Waals surface area contributed by atoms with E-state index in [1.54, 1.807) is 31.4 Å². The molecule has 1 saturated carbocycles. The van der Waals surface area contributed by atoms with E-state index in [1.807, 2.05) is 0 Å². The Hall–Kier alpha value is -2.01. The number of carbonyl (C=O) groups excluding carboxylic acids is 1. The van der Waals surface area contributed by atoms with Gasteiger partial charge in [-0.15, -0.1) is 0 Å². The molecule has 0 radical (unpaired) electrons. The van der Waals surface area contributed by atoms with Crippen LogP contribution in [0.2, 0.25) is 0 Å². The van der Waals surface area contributed by atoms with Gasteiger partial charge in [0.15, 0.2) is 5.67 Å². The van der Waals surface area contributed by atoms with Gasteiger partial charge in [0.05, 0.1) is 22.9 Å². The second-order valence-electron chi connectivity index (χ2n) is 5.17. The molecule has 0 spiro atoms. The van der Waals surface area contributed by atoms with Crippen LogP contribution in [0.25, 0.3) is 10.9 Å². The molecule has 1 fully saturated rings. The maximum atomic E-state index is 14.8. The van der Waals surface area contributed by atoms with Crippen LogP contribution in [0.15, 0.2) is 30.3 Å². The molecule has 1 amide bonds. The van der Waals surface area contributed by atoms with Crippen LogP contribution in [0.1, 0.15) is 28.9 Å². The van der Waals surface area contributed by atoms with Crippen molar-refractivity contribution in [3.05, 3.63) is 41.6 Å². The van der Waals surface area contributed by atoms with E-state index in [2.05, 4.69) is 4.98 Å². The summed E-state index contributed by atoms with van der Waals surface area (Å²) in [6, 6.07) is 8.58. The second-order valence-corrected chi connectivity index (χ2v) is 5.17. The predicted octanol–water partition coefficient (Wildman–Crippen LogP) is 2.31. The zero-order valence-corrected chi connectivity index (χ0v) is 11.1. The van der Waals surface area contributed by atoms with Crippen molar-refractivity contribution in [2.75, 3.05) is 7.11 Å². The van der Waals surface area contributed by atoms with Crippen molar-refractivity contribution in [3.63, 3.8) is 0 Å². The van der Waals surface area contributed by atoms with Gasteiger partial charge in [0.2, 0.25) is 5.91 Å². The van der Waals surface area contributed by atoms with E-state index in [4.69, 9.17) is 10.5 Å². The smallest absolute Gasteiger partial charge is 0.249 e. The van der Waals surface area contributed by atoms with Crippen LogP contribution in [-0.2, 0) is 10.4 Å². The number of rotatable bonds is 3. The molecular formula is C15H15FN2O2. The number of nitrogens with two attached hydrogens (primary N) is 1. The topological polar surface area (TPSA) is 65.2 Å². The molecule has 3 rings (SSSR count). The maximum absolute atomic E-state index is 14.8. The van der Waals surface area contributed by atoms with E-state index >= 15 is 0 Å². The molecule has 1 aromatic carbocycles. The summed E-state index contributed by atoms with van der Waals surface area (Å²) in [5, 5.41) is 0.648. The fraction of sp³-hybridized carbons (Fsp3) is 0.333. The number of fused-ring (bicyclic) bond motifs is 1. The fourth-order valence-electron chi connectivity index (χ4n) is 2.65. The number of carbonyl (C=O) groups is 1. The normalized spacial score (nSPS) is 25.4. The SMILES string of the molecule is COC1CC(F)(c2cc(C(N)=O)c3ccccc3n2)C1. The number of amides is 1. The molecular weight excluding hydrogens is 259 g/mol. The molecule has 0 atom stereocenters. The van der Waals surface area contributed by atoms with E-state index in [1.165, 1.54) is 6.07 Å². The quantitative estimate of drug-likeness (QED) is 0.934. The van der Waals surface area contributed by atoms with E-state index in [9.17, 15) is 9.18 Å². The first-order chi connectivity index (χ1) is 9.53. The van der Waals surface area contributed by atoms with Crippen LogP contribution in [0.5, 0.6) is 0 Å². The average Bonchev–Trinajstić information content (AvgIpc) is 2.42. The Balaban J connectivity index is 2.11. The van der Waals surface area contributed by atoms with E-state index in [-0.39, 0.29) is 24.6 Å². The van der Waals surface area contributed by atoms with Crippen molar-refractivity contribution in [1.29, 1.82) is 0 Å². The first-order valence-corrected chi connectivity index (χ1v) is 6.45. The largest absolute Gasteiger partial charge is 0.381 e. The van der Waals surface area contributed by atoms with Crippen LogP contribution in [0, 0.1) is 0 Å². The van der Waals surface area contributed by atoms with Gasteiger partial charge in [-0.05, 0) is 12.1 Å². The number of hydrogen-bond acceptors (Lipinski definition) is 3. The van der Waals surface area contributed by atoms with Gasteiger partial charge < -0.3 is 10.5 Å². The Labute approximate surface area is 115 Å². The summed E-state index contributed by atoms with van der Waals surface area (Å²) in [7, 11) is 1.56. The molecule has 1 heterocycles. The number of pyridine rings is 1. The van der Waals surface area contributed by atoms with Crippen molar-refractivity contribution in [2.24, 2.45) is 5.73 Å². The standard InChI is InChI=1S/C15H15FN2O2/c1-20-9-7-15(16,8-9)13-6-11(14(17)19)10-4-2-3-5-12(10)18-13/h2-6,9H,7-8H2,1H3,(H2,17,19). The highest BCUT2D eigenvalue weighted by molar-refractivity contribution is 6.05. The summed E-state index contributed by atoms with van der Waals surface area (Å²) in [5.74, 6) is -0.573. The van der Waals surface area contributed by atoms with Gasteiger partial charge in [-0.1, -0.05) is 18.2 Å². The number of benzene rings is 1. The molecule has 104 valence electrons. The third kappa shape index (κ3) is 1.94. The van der Waals surface area contributed by atoms with Crippen molar-refractivity contribution in [3.8, 4) is 0 Å². The zero-order valence-electron chi connectivity index (χ0n) is 11.1. The lowest BCUT2D eigenvalue weighted by molar-refractivity contribution is -0.0843. The molecule has 1 aromatic heterocycles. The zero-order chi connectivity index (χ0) is 14.3. The van der Waals surface area contributed by atoms with Crippen molar-refractivity contribution >= 4 is 16.8 Å². The van der Waals surface area contributed by atoms with E-state index in [0.717, 1.165) is 0 Å². The minimum atomic E-state index is -1.53. The molecule has 0 saturated heterocycles. The summed E-state index contributed by atoms with van der Waals surface area (Å²) in [6.07, 6.45) is 0.422. The summed E-state index contributed by atoms with van der Waals surface area (Å²) in [6.45, 7) is 0. The van der Waals surface area contributed by atoms with E-state index < -0.39 is 11.6 Å². The highest BCUT2D eigenvalue weighted by Crippen LogP contribution is 2.46. The molecule has 2 N–H and O–H groups in total. The molecule has 0 bridgehead atoms. The third-order valence-electron chi connectivity index (χ3n) is 3.88. The Morgan fingerprint density at radius 3 is 2.80 bits per heavy atom. The second kappa shape index (κ2) is 4.52. The minimum absolute atomic E-state index is 0.0923. The fourth-order valence-corrected chi connectivity index (χ4v) is 2.65. The van der Waals surface area contributed by atoms with Gasteiger partial charge in [0.25, 0.3) is 0 Å². The first kappa shape index (κ1) is 13.0. The summed E-state index contributed by atoms with van der Waals surface area (Å²) < 4.78 is 19.9. The van der Waals surface area contributed by atoms with Gasteiger partial charge in [-0.2, -0.15) is 0 Å². The van der Waals surface area contributed by atoms with Gasteiger partial charge >= 0.3 is 0 Å². The van der Waals surface area contributed by atoms with Crippen LogP contribution in [0.4, 0.5) is 4.39 Å². The van der Waals surface area contributed by atoms with Crippen LogP contribution in [0.3, 0.4) is 0 Å². The summed E-state index contributed by atoms with van der Waals surface area (Å²) >= 11 is 0. The number of alkyl halides is 1. The number of methoxy groups -OCH3 is 1. The number of nitrogens with zero attached hydrogens (tertiary/aromatic N) is 1. The lowest BCUT2D eigenvalue weighted by Crippen LogP contribution is -2.42. The molecule has 2 aromatic rings. The molecule has 0 aliphatic heterocycles. The number of aromatic nitrogens is 1. The lowest BCUT2D eigenvalue weighted by atomic mass is 9.76. The Kier molecular flexibility index (Phi) is 2.94. The van der Waals surface area contributed by atoms with Gasteiger partial charge in [-0.25, -0.2) is 9.37 Å². The predicted molar refractivity (Wildman–Crippen MR) is 73.1 cm³/mol. The maximum Gasteiger partial charge on any atom is 0.249 e. The number of primary amides is 1. The minimum Gasteiger partial charge on any atom is -0.381 e. The molecule has 5 heteroatoms. The molecule has 4 nitrogen and oxygen atoms in total.